The molecule has 0 unspecified atom stereocenters. The maximum Gasteiger partial charge on any atom is 0.261 e. The number of aromatic nitrogens is 2. The van der Waals surface area contributed by atoms with Gasteiger partial charge in [-0.25, -0.2) is 4.98 Å². The van der Waals surface area contributed by atoms with Crippen LogP contribution >= 0.6 is 0 Å². The normalized spacial score (nSPS) is 17.8. The standard InChI is InChI=1S/C21H27N5O2/c1-28-18-10-6-5-9-17(18)26-12-14(13-26)19-24-20(16(11-22)21(27)25-19)23-15-7-3-2-4-8-15/h5-6,9-11,14-15,22H,2-4,7-8,12-13H2,1H3,(H2,23,24,25,27). The minimum Gasteiger partial charge on any atom is -0.495 e. The Balaban J connectivity index is 1.52. The maximum atomic E-state index is 12.5. The molecular formula is C21H27N5O2. The fourth-order valence-electron chi connectivity index (χ4n) is 4.12. The van der Waals surface area contributed by atoms with Crippen LogP contribution < -0.4 is 20.5 Å². The van der Waals surface area contributed by atoms with Gasteiger partial charge in [-0.15, -0.1) is 0 Å². The zero-order chi connectivity index (χ0) is 19.5. The Hall–Kier alpha value is -2.83. The van der Waals surface area contributed by atoms with E-state index in [0.29, 0.717) is 23.2 Å². The van der Waals surface area contributed by atoms with Crippen molar-refractivity contribution in [2.45, 2.75) is 44.1 Å². The Labute approximate surface area is 164 Å². The highest BCUT2D eigenvalue weighted by Crippen LogP contribution is 2.36. The third-order valence-electron chi connectivity index (χ3n) is 5.76. The molecule has 1 saturated carbocycles. The molecule has 148 valence electrons. The number of nitrogens with one attached hydrogen (secondary N) is 3. The van der Waals surface area contributed by atoms with E-state index in [1.807, 2.05) is 24.3 Å². The molecule has 2 fully saturated rings. The number of ether oxygens (including phenoxy) is 1. The summed E-state index contributed by atoms with van der Waals surface area (Å²) < 4.78 is 5.45. The van der Waals surface area contributed by atoms with E-state index in [2.05, 4.69) is 15.2 Å². The average molecular weight is 381 g/mol. The molecule has 1 aromatic heterocycles. The summed E-state index contributed by atoms with van der Waals surface area (Å²) in [5.74, 6) is 2.25. The summed E-state index contributed by atoms with van der Waals surface area (Å²) in [6, 6.07) is 8.28. The van der Waals surface area contributed by atoms with Gasteiger partial charge < -0.3 is 25.3 Å². The van der Waals surface area contributed by atoms with Crippen LogP contribution in [0.5, 0.6) is 5.75 Å². The zero-order valence-electron chi connectivity index (χ0n) is 16.2. The lowest BCUT2D eigenvalue weighted by molar-refractivity contribution is 0.407. The molecule has 2 aromatic rings. The number of H-pyrrole nitrogens is 1. The summed E-state index contributed by atoms with van der Waals surface area (Å²) in [6.45, 7) is 1.55. The number of benzene rings is 1. The first-order valence-electron chi connectivity index (χ1n) is 9.98. The van der Waals surface area contributed by atoms with E-state index >= 15 is 0 Å². The Kier molecular flexibility index (Phi) is 5.32. The second kappa shape index (κ2) is 8.04. The average Bonchev–Trinajstić information content (AvgIpc) is 2.68. The van der Waals surface area contributed by atoms with Crippen molar-refractivity contribution in [2.24, 2.45) is 0 Å². The second-order valence-corrected chi connectivity index (χ2v) is 7.61. The third kappa shape index (κ3) is 3.61. The van der Waals surface area contributed by atoms with Gasteiger partial charge in [0, 0.05) is 25.3 Å². The van der Waals surface area contributed by atoms with E-state index in [-0.39, 0.29) is 11.5 Å². The second-order valence-electron chi connectivity index (χ2n) is 7.61. The molecule has 2 aliphatic rings. The monoisotopic (exact) mass is 381 g/mol. The summed E-state index contributed by atoms with van der Waals surface area (Å²) in [7, 11) is 1.68. The van der Waals surface area contributed by atoms with Crippen molar-refractivity contribution in [2.75, 3.05) is 30.4 Å². The SMILES string of the molecule is COc1ccccc1N1CC(c2nc(NC3CCCCC3)c(C=N)c(=O)[nH]2)C1. The van der Waals surface area contributed by atoms with Gasteiger partial charge in [-0.3, -0.25) is 4.79 Å². The molecule has 0 bridgehead atoms. The van der Waals surface area contributed by atoms with E-state index in [1.54, 1.807) is 7.11 Å². The number of hydrogen-bond donors (Lipinski definition) is 3. The van der Waals surface area contributed by atoms with Gasteiger partial charge in [0.15, 0.2) is 0 Å². The summed E-state index contributed by atoms with van der Waals surface area (Å²) >= 11 is 0. The first-order valence-corrected chi connectivity index (χ1v) is 9.98. The smallest absolute Gasteiger partial charge is 0.261 e. The number of aromatic amines is 1. The minimum atomic E-state index is -0.242. The molecule has 1 aliphatic heterocycles. The van der Waals surface area contributed by atoms with E-state index in [0.717, 1.165) is 43.6 Å². The molecule has 0 amide bonds. The van der Waals surface area contributed by atoms with Crippen LogP contribution in [0, 0.1) is 5.41 Å². The highest BCUT2D eigenvalue weighted by atomic mass is 16.5. The quantitative estimate of drug-likeness (QED) is 0.669. The molecule has 7 nitrogen and oxygen atoms in total. The topological polar surface area (TPSA) is 94.1 Å². The molecule has 7 heteroatoms. The van der Waals surface area contributed by atoms with E-state index in [1.165, 1.54) is 19.3 Å². The minimum absolute atomic E-state index is 0.157. The highest BCUT2D eigenvalue weighted by molar-refractivity contribution is 5.83. The van der Waals surface area contributed by atoms with Gasteiger partial charge in [-0.2, -0.15) is 0 Å². The van der Waals surface area contributed by atoms with Gasteiger partial charge in [-0.1, -0.05) is 31.4 Å². The number of methoxy groups -OCH3 is 1. The number of para-hydroxylation sites is 2. The lowest BCUT2D eigenvalue weighted by Gasteiger charge is -2.41. The predicted molar refractivity (Wildman–Crippen MR) is 111 cm³/mol. The summed E-state index contributed by atoms with van der Waals surface area (Å²) in [6.07, 6.45) is 6.94. The van der Waals surface area contributed by atoms with Gasteiger partial charge >= 0.3 is 0 Å². The summed E-state index contributed by atoms with van der Waals surface area (Å²) in [4.78, 5) is 22.3. The number of anilines is 2. The van der Waals surface area contributed by atoms with Gasteiger partial charge in [0.05, 0.1) is 24.3 Å². The zero-order valence-corrected chi connectivity index (χ0v) is 16.2. The van der Waals surface area contributed by atoms with Crippen molar-refractivity contribution in [3.8, 4) is 5.75 Å². The Bertz CT molecular complexity index is 898. The van der Waals surface area contributed by atoms with Crippen molar-refractivity contribution in [3.63, 3.8) is 0 Å². The van der Waals surface area contributed by atoms with E-state index in [4.69, 9.17) is 15.1 Å². The molecular weight excluding hydrogens is 354 g/mol. The van der Waals surface area contributed by atoms with Crippen molar-refractivity contribution in [1.29, 1.82) is 5.41 Å². The first-order chi connectivity index (χ1) is 13.7. The molecule has 0 spiro atoms. The van der Waals surface area contributed by atoms with E-state index < -0.39 is 0 Å². The number of hydrogen-bond acceptors (Lipinski definition) is 6. The first kappa shape index (κ1) is 18.5. The Morgan fingerprint density at radius 3 is 2.71 bits per heavy atom. The van der Waals surface area contributed by atoms with Gasteiger partial charge in [0.2, 0.25) is 0 Å². The maximum absolute atomic E-state index is 12.5. The van der Waals surface area contributed by atoms with Crippen molar-refractivity contribution in [3.05, 3.63) is 46.0 Å². The Morgan fingerprint density at radius 1 is 1.25 bits per heavy atom. The van der Waals surface area contributed by atoms with Crippen LogP contribution in [0.3, 0.4) is 0 Å². The van der Waals surface area contributed by atoms with Crippen molar-refractivity contribution in [1.82, 2.24) is 9.97 Å². The molecule has 28 heavy (non-hydrogen) atoms. The van der Waals surface area contributed by atoms with Gasteiger partial charge in [0.25, 0.3) is 5.56 Å². The predicted octanol–water partition coefficient (Wildman–Crippen LogP) is 3.12. The van der Waals surface area contributed by atoms with Crippen LogP contribution in [0.15, 0.2) is 29.1 Å². The van der Waals surface area contributed by atoms with Crippen molar-refractivity contribution >= 4 is 17.7 Å². The van der Waals surface area contributed by atoms with Gasteiger partial charge in [0.1, 0.15) is 17.4 Å². The van der Waals surface area contributed by atoms with Crippen LogP contribution in [0.25, 0.3) is 0 Å². The van der Waals surface area contributed by atoms with E-state index in [9.17, 15) is 4.79 Å². The van der Waals surface area contributed by atoms with Crippen LogP contribution in [0.1, 0.15) is 49.4 Å². The number of nitrogens with zero attached hydrogens (tertiary/aromatic N) is 2. The largest absolute Gasteiger partial charge is 0.495 e. The van der Waals surface area contributed by atoms with Crippen LogP contribution in [-0.4, -0.2) is 42.4 Å². The van der Waals surface area contributed by atoms with Crippen LogP contribution in [0.4, 0.5) is 11.5 Å². The third-order valence-corrected chi connectivity index (χ3v) is 5.76. The molecule has 1 saturated heterocycles. The summed E-state index contributed by atoms with van der Waals surface area (Å²) in [5.41, 5.74) is 1.13. The molecule has 0 atom stereocenters. The Morgan fingerprint density at radius 2 is 2.00 bits per heavy atom. The van der Waals surface area contributed by atoms with Gasteiger partial charge in [-0.05, 0) is 25.0 Å². The van der Waals surface area contributed by atoms with Crippen LogP contribution in [-0.2, 0) is 0 Å². The molecule has 2 heterocycles. The molecule has 1 aliphatic carbocycles. The fraction of sp³-hybridized carbons (Fsp3) is 0.476. The molecule has 4 rings (SSSR count). The fourth-order valence-corrected chi connectivity index (χ4v) is 4.12. The molecule has 0 radical (unpaired) electrons. The molecule has 1 aromatic carbocycles. The summed E-state index contributed by atoms with van der Waals surface area (Å²) in [5, 5.41) is 11.1. The lowest BCUT2D eigenvalue weighted by atomic mass is 9.95. The lowest BCUT2D eigenvalue weighted by Crippen LogP contribution is -2.46. The molecule has 3 N–H and O–H groups in total. The highest BCUT2D eigenvalue weighted by Gasteiger charge is 2.32. The number of rotatable bonds is 6. The van der Waals surface area contributed by atoms with Crippen LogP contribution in [0.2, 0.25) is 0 Å². The van der Waals surface area contributed by atoms with Crippen molar-refractivity contribution < 1.29 is 4.74 Å².